The van der Waals surface area contributed by atoms with Crippen molar-refractivity contribution in [2.75, 3.05) is 0 Å². The molecule has 134 valence electrons. The lowest BCUT2D eigenvalue weighted by atomic mass is 9.85. The standard InChI is InChI=1S/C22H18N2O3/c25-17-8-5-12-3-1-2-4-13(12)14(17)11-23-24-20(26)18-15-6-7-16(19(18)21(24)27)22(15)9-10-22/h1-8,11,15-16,18-19,25H,9-10H2/b23-11-/t15-,16-,18-,19+/m0/s1. The number of aromatic hydroxyl groups is 1. The molecule has 1 aliphatic heterocycles. The van der Waals surface area contributed by atoms with Gasteiger partial charge < -0.3 is 5.11 Å². The molecular weight excluding hydrogens is 340 g/mol. The fourth-order valence-corrected chi connectivity index (χ4v) is 5.71. The van der Waals surface area contributed by atoms with E-state index in [0.29, 0.717) is 5.56 Å². The van der Waals surface area contributed by atoms with Gasteiger partial charge in [0.2, 0.25) is 0 Å². The first-order chi connectivity index (χ1) is 13.1. The molecule has 5 heteroatoms. The average Bonchev–Trinajstić information content (AvgIpc) is 3.28. The van der Waals surface area contributed by atoms with Crippen LogP contribution in [0.25, 0.3) is 10.8 Å². The van der Waals surface area contributed by atoms with Gasteiger partial charge in [0.25, 0.3) is 11.8 Å². The second-order valence-electron chi connectivity index (χ2n) is 8.17. The summed E-state index contributed by atoms with van der Waals surface area (Å²) in [6.07, 6.45) is 7.98. The number of fused-ring (bicyclic) bond motifs is 4. The summed E-state index contributed by atoms with van der Waals surface area (Å²) in [5.74, 6) is -0.435. The smallest absolute Gasteiger partial charge is 0.254 e. The topological polar surface area (TPSA) is 70.0 Å². The van der Waals surface area contributed by atoms with E-state index in [-0.39, 0.29) is 46.7 Å². The zero-order valence-electron chi connectivity index (χ0n) is 14.6. The summed E-state index contributed by atoms with van der Waals surface area (Å²) in [4.78, 5) is 25.9. The van der Waals surface area contributed by atoms with Gasteiger partial charge in [-0.15, -0.1) is 0 Å². The Bertz CT molecular complexity index is 1050. The third kappa shape index (κ3) is 1.77. The summed E-state index contributed by atoms with van der Waals surface area (Å²) in [6, 6.07) is 11.1. The van der Waals surface area contributed by atoms with E-state index in [9.17, 15) is 14.7 Å². The monoisotopic (exact) mass is 358 g/mol. The van der Waals surface area contributed by atoms with Gasteiger partial charge in [0.05, 0.1) is 18.1 Å². The van der Waals surface area contributed by atoms with Crippen molar-refractivity contribution in [1.82, 2.24) is 5.01 Å². The molecule has 4 atom stereocenters. The van der Waals surface area contributed by atoms with E-state index in [1.54, 1.807) is 6.07 Å². The van der Waals surface area contributed by atoms with Crippen molar-refractivity contribution in [2.45, 2.75) is 12.8 Å². The fourth-order valence-electron chi connectivity index (χ4n) is 5.71. The molecule has 1 N–H and O–H groups in total. The van der Waals surface area contributed by atoms with Crippen LogP contribution in [0, 0.1) is 29.1 Å². The average molecular weight is 358 g/mol. The van der Waals surface area contributed by atoms with Crippen molar-refractivity contribution in [2.24, 2.45) is 34.2 Å². The van der Waals surface area contributed by atoms with Gasteiger partial charge in [-0.25, -0.2) is 0 Å². The molecule has 0 unspecified atom stereocenters. The predicted molar refractivity (Wildman–Crippen MR) is 99.8 cm³/mol. The largest absolute Gasteiger partial charge is 0.507 e. The Labute approximate surface area is 156 Å². The second kappa shape index (κ2) is 4.85. The molecule has 3 fully saturated rings. The van der Waals surface area contributed by atoms with Gasteiger partial charge in [-0.05, 0) is 46.9 Å². The summed E-state index contributed by atoms with van der Waals surface area (Å²) in [5.41, 5.74) is 0.704. The molecule has 1 heterocycles. The highest BCUT2D eigenvalue weighted by Gasteiger charge is 2.73. The van der Waals surface area contributed by atoms with Gasteiger partial charge in [-0.2, -0.15) is 10.1 Å². The maximum Gasteiger partial charge on any atom is 0.254 e. The molecule has 2 amide bonds. The summed E-state index contributed by atoms with van der Waals surface area (Å²) >= 11 is 0. The number of benzene rings is 2. The first-order valence-corrected chi connectivity index (χ1v) is 9.43. The van der Waals surface area contributed by atoms with E-state index in [0.717, 1.165) is 28.6 Å². The molecule has 4 aliphatic rings. The van der Waals surface area contributed by atoms with Crippen molar-refractivity contribution in [3.05, 3.63) is 54.1 Å². The molecule has 2 aromatic rings. The number of carbonyl (C=O) groups is 2. The molecule has 0 radical (unpaired) electrons. The highest BCUT2D eigenvalue weighted by Crippen LogP contribution is 2.73. The van der Waals surface area contributed by atoms with Crippen LogP contribution in [0.4, 0.5) is 0 Å². The molecule has 6 rings (SSSR count). The molecule has 1 saturated heterocycles. The van der Waals surface area contributed by atoms with Gasteiger partial charge in [0.1, 0.15) is 5.75 Å². The van der Waals surface area contributed by atoms with E-state index < -0.39 is 0 Å². The van der Waals surface area contributed by atoms with E-state index >= 15 is 0 Å². The number of imide groups is 1. The van der Waals surface area contributed by atoms with Crippen LogP contribution in [0.3, 0.4) is 0 Å². The Hall–Kier alpha value is -2.95. The Morgan fingerprint density at radius 2 is 1.67 bits per heavy atom. The summed E-state index contributed by atoms with van der Waals surface area (Å²) in [5, 5.41) is 17.3. The first-order valence-electron chi connectivity index (χ1n) is 9.43. The van der Waals surface area contributed by atoms with Gasteiger partial charge in [0.15, 0.2) is 0 Å². The maximum atomic E-state index is 13.0. The number of phenols is 1. The number of rotatable bonds is 2. The second-order valence-corrected chi connectivity index (χ2v) is 8.17. The van der Waals surface area contributed by atoms with Gasteiger partial charge in [-0.1, -0.05) is 42.5 Å². The number of hydrogen-bond donors (Lipinski definition) is 1. The van der Waals surface area contributed by atoms with E-state index in [4.69, 9.17) is 0 Å². The number of phenolic OH excluding ortho intramolecular Hbond substituents is 1. The van der Waals surface area contributed by atoms with E-state index in [1.807, 2.05) is 30.3 Å². The van der Waals surface area contributed by atoms with Gasteiger partial charge in [0, 0.05) is 5.56 Å². The Kier molecular flexibility index (Phi) is 2.72. The minimum atomic E-state index is -0.256. The van der Waals surface area contributed by atoms with Crippen molar-refractivity contribution < 1.29 is 14.7 Å². The third-order valence-electron chi connectivity index (χ3n) is 7.08. The fraction of sp³-hybridized carbons (Fsp3) is 0.318. The SMILES string of the molecule is O=C1[C@@H]2[C@H](C(=O)N1/N=C\c1c(O)ccc3ccccc13)[C@@H]1C=C[C@@H]2C12CC2. The van der Waals surface area contributed by atoms with Crippen LogP contribution in [-0.4, -0.2) is 28.1 Å². The molecule has 2 bridgehead atoms. The number of allylic oxidation sites excluding steroid dienone is 2. The summed E-state index contributed by atoms with van der Waals surface area (Å²) < 4.78 is 0. The molecule has 3 aliphatic carbocycles. The molecule has 27 heavy (non-hydrogen) atoms. The zero-order valence-corrected chi connectivity index (χ0v) is 14.6. The predicted octanol–water partition coefficient (Wildman–Crippen LogP) is 3.08. The maximum absolute atomic E-state index is 13.0. The quantitative estimate of drug-likeness (QED) is 0.510. The highest BCUT2D eigenvalue weighted by molar-refractivity contribution is 6.08. The molecular formula is C22H18N2O3. The Morgan fingerprint density at radius 3 is 2.33 bits per heavy atom. The van der Waals surface area contributed by atoms with Crippen molar-refractivity contribution >= 4 is 28.8 Å². The van der Waals surface area contributed by atoms with Gasteiger partial charge in [-0.3, -0.25) is 9.59 Å². The summed E-state index contributed by atoms with van der Waals surface area (Å²) in [7, 11) is 0. The van der Waals surface area contributed by atoms with Crippen molar-refractivity contribution in [3.8, 4) is 5.75 Å². The lowest BCUT2D eigenvalue weighted by Crippen LogP contribution is -2.30. The number of hydrogen-bond acceptors (Lipinski definition) is 4. The highest BCUT2D eigenvalue weighted by atomic mass is 16.3. The molecule has 2 saturated carbocycles. The van der Waals surface area contributed by atoms with E-state index in [2.05, 4.69) is 17.3 Å². The normalized spacial score (nSPS) is 32.4. The number of hydrazone groups is 1. The van der Waals surface area contributed by atoms with Crippen molar-refractivity contribution in [3.63, 3.8) is 0 Å². The van der Waals surface area contributed by atoms with Crippen LogP contribution >= 0.6 is 0 Å². The molecule has 2 aromatic carbocycles. The van der Waals surface area contributed by atoms with Crippen LogP contribution in [0.15, 0.2) is 53.7 Å². The third-order valence-corrected chi connectivity index (χ3v) is 7.08. The van der Waals surface area contributed by atoms with Crippen LogP contribution < -0.4 is 0 Å². The number of amides is 2. The van der Waals surface area contributed by atoms with Crippen LogP contribution in [-0.2, 0) is 9.59 Å². The first kappa shape index (κ1) is 15.1. The minimum Gasteiger partial charge on any atom is -0.507 e. The van der Waals surface area contributed by atoms with E-state index in [1.165, 1.54) is 6.21 Å². The lowest BCUT2D eigenvalue weighted by Gasteiger charge is -2.18. The van der Waals surface area contributed by atoms with Crippen LogP contribution in [0.5, 0.6) is 5.75 Å². The van der Waals surface area contributed by atoms with Crippen LogP contribution in [0.2, 0.25) is 0 Å². The van der Waals surface area contributed by atoms with Crippen molar-refractivity contribution in [1.29, 1.82) is 0 Å². The number of nitrogens with zero attached hydrogens (tertiary/aromatic N) is 2. The minimum absolute atomic E-state index is 0.0791. The Morgan fingerprint density at radius 1 is 1.00 bits per heavy atom. The van der Waals surface area contributed by atoms with Crippen LogP contribution in [0.1, 0.15) is 18.4 Å². The zero-order chi connectivity index (χ0) is 18.3. The molecule has 0 aromatic heterocycles. The lowest BCUT2D eigenvalue weighted by molar-refractivity contribution is -0.141. The summed E-state index contributed by atoms with van der Waals surface area (Å²) in [6.45, 7) is 0. The Balaban J connectivity index is 1.37. The molecule has 5 nitrogen and oxygen atoms in total. The molecule has 1 spiro atoms. The van der Waals surface area contributed by atoms with Gasteiger partial charge >= 0.3 is 0 Å². The number of carbonyl (C=O) groups excluding carboxylic acids is 2.